The van der Waals surface area contributed by atoms with Crippen LogP contribution in [0.15, 0.2) is 0 Å². The Morgan fingerprint density at radius 2 is 2.00 bits per heavy atom. The molecule has 0 fully saturated rings. The summed E-state index contributed by atoms with van der Waals surface area (Å²) in [5.41, 5.74) is 4.83. The maximum Gasteiger partial charge on any atom is 0.147 e. The van der Waals surface area contributed by atoms with Crippen LogP contribution in [0.5, 0.6) is 0 Å². The molecule has 0 aliphatic carbocycles. The molecule has 0 aliphatic heterocycles. The SMILES string of the molecule is CCCCc1nc(C)c(C(C)C)c(NN)n1. The van der Waals surface area contributed by atoms with Crippen molar-refractivity contribution in [3.8, 4) is 0 Å². The molecule has 0 atom stereocenters. The monoisotopic (exact) mass is 222 g/mol. The third-order valence-electron chi connectivity index (χ3n) is 2.65. The van der Waals surface area contributed by atoms with Crippen LogP contribution in [-0.2, 0) is 6.42 Å². The normalized spacial score (nSPS) is 10.9. The number of hydrogen-bond donors (Lipinski definition) is 2. The molecule has 0 saturated heterocycles. The summed E-state index contributed by atoms with van der Waals surface area (Å²) in [5, 5.41) is 0. The molecule has 0 unspecified atom stereocenters. The fourth-order valence-corrected chi connectivity index (χ4v) is 1.89. The topological polar surface area (TPSA) is 63.8 Å². The number of hydrogen-bond acceptors (Lipinski definition) is 4. The molecule has 3 N–H and O–H groups in total. The molecule has 90 valence electrons. The van der Waals surface area contributed by atoms with Crippen molar-refractivity contribution >= 4 is 5.82 Å². The van der Waals surface area contributed by atoms with Crippen molar-refractivity contribution < 1.29 is 0 Å². The molecule has 1 aromatic rings. The first-order chi connectivity index (χ1) is 7.60. The smallest absolute Gasteiger partial charge is 0.147 e. The minimum atomic E-state index is 0.381. The van der Waals surface area contributed by atoms with Crippen molar-refractivity contribution in [1.29, 1.82) is 0 Å². The highest BCUT2D eigenvalue weighted by Crippen LogP contribution is 2.24. The second-order valence-corrected chi connectivity index (χ2v) is 4.39. The molecule has 1 rings (SSSR count). The van der Waals surface area contributed by atoms with Crippen LogP contribution in [0, 0.1) is 6.92 Å². The Kier molecular flexibility index (Phi) is 4.68. The standard InChI is InChI=1S/C12H22N4/c1-5-6-7-10-14-9(4)11(8(2)3)12(15-10)16-13/h8H,5-7,13H2,1-4H3,(H,14,15,16). The van der Waals surface area contributed by atoms with E-state index >= 15 is 0 Å². The molecule has 0 amide bonds. The van der Waals surface area contributed by atoms with Gasteiger partial charge in [0, 0.05) is 17.7 Å². The maximum atomic E-state index is 5.51. The van der Waals surface area contributed by atoms with Gasteiger partial charge in [0.25, 0.3) is 0 Å². The summed E-state index contributed by atoms with van der Waals surface area (Å²) >= 11 is 0. The van der Waals surface area contributed by atoms with Crippen LogP contribution in [0.3, 0.4) is 0 Å². The number of unbranched alkanes of at least 4 members (excludes halogenated alkanes) is 1. The summed E-state index contributed by atoms with van der Waals surface area (Å²) < 4.78 is 0. The van der Waals surface area contributed by atoms with Crippen molar-refractivity contribution in [1.82, 2.24) is 9.97 Å². The van der Waals surface area contributed by atoms with Gasteiger partial charge in [-0.15, -0.1) is 0 Å². The lowest BCUT2D eigenvalue weighted by atomic mass is 10.0. The van der Waals surface area contributed by atoms with Gasteiger partial charge in [-0.3, -0.25) is 0 Å². The van der Waals surface area contributed by atoms with Crippen molar-refractivity contribution in [2.75, 3.05) is 5.43 Å². The summed E-state index contributed by atoms with van der Waals surface area (Å²) in [6, 6.07) is 0. The van der Waals surface area contributed by atoms with Crippen molar-refractivity contribution in [3.63, 3.8) is 0 Å². The van der Waals surface area contributed by atoms with Gasteiger partial charge in [-0.25, -0.2) is 15.8 Å². The zero-order valence-corrected chi connectivity index (χ0v) is 10.7. The molecule has 1 aromatic heterocycles. The number of anilines is 1. The second-order valence-electron chi connectivity index (χ2n) is 4.39. The molecule has 4 nitrogen and oxygen atoms in total. The number of rotatable bonds is 5. The quantitative estimate of drug-likeness (QED) is 0.593. The van der Waals surface area contributed by atoms with Crippen LogP contribution in [0.1, 0.15) is 56.6 Å². The molecule has 0 aliphatic rings. The Balaban J connectivity index is 3.06. The van der Waals surface area contributed by atoms with Gasteiger partial charge in [0.1, 0.15) is 11.6 Å². The van der Waals surface area contributed by atoms with Gasteiger partial charge < -0.3 is 5.43 Å². The third-order valence-corrected chi connectivity index (χ3v) is 2.65. The van der Waals surface area contributed by atoms with E-state index in [4.69, 9.17) is 5.84 Å². The van der Waals surface area contributed by atoms with Crippen LogP contribution in [0.25, 0.3) is 0 Å². The fourth-order valence-electron chi connectivity index (χ4n) is 1.89. The van der Waals surface area contributed by atoms with E-state index in [0.29, 0.717) is 5.92 Å². The van der Waals surface area contributed by atoms with Gasteiger partial charge in [0.2, 0.25) is 0 Å². The lowest BCUT2D eigenvalue weighted by Crippen LogP contribution is -2.15. The molecule has 0 saturated carbocycles. The molecule has 4 heteroatoms. The van der Waals surface area contributed by atoms with Crippen LogP contribution in [0.4, 0.5) is 5.82 Å². The fraction of sp³-hybridized carbons (Fsp3) is 0.667. The van der Waals surface area contributed by atoms with Crippen LogP contribution < -0.4 is 11.3 Å². The van der Waals surface area contributed by atoms with Gasteiger partial charge in [-0.05, 0) is 19.3 Å². The maximum absolute atomic E-state index is 5.51. The Morgan fingerprint density at radius 3 is 2.50 bits per heavy atom. The van der Waals surface area contributed by atoms with Crippen molar-refractivity contribution in [2.24, 2.45) is 5.84 Å². The molecule has 0 spiro atoms. The number of nitrogen functional groups attached to an aromatic ring is 1. The minimum absolute atomic E-state index is 0.381. The third kappa shape index (κ3) is 2.92. The zero-order chi connectivity index (χ0) is 12.1. The average Bonchev–Trinajstić information content (AvgIpc) is 2.24. The van der Waals surface area contributed by atoms with E-state index in [1.165, 1.54) is 0 Å². The van der Waals surface area contributed by atoms with Gasteiger partial charge in [0.05, 0.1) is 0 Å². The highest BCUT2D eigenvalue weighted by molar-refractivity contribution is 5.47. The highest BCUT2D eigenvalue weighted by Gasteiger charge is 2.13. The van der Waals surface area contributed by atoms with Crippen LogP contribution in [-0.4, -0.2) is 9.97 Å². The zero-order valence-electron chi connectivity index (χ0n) is 10.7. The molecule has 0 aromatic carbocycles. The van der Waals surface area contributed by atoms with Crippen LogP contribution >= 0.6 is 0 Å². The molecule has 16 heavy (non-hydrogen) atoms. The molecule has 0 radical (unpaired) electrons. The van der Waals surface area contributed by atoms with Crippen molar-refractivity contribution in [3.05, 3.63) is 17.1 Å². The highest BCUT2D eigenvalue weighted by atomic mass is 15.3. The van der Waals surface area contributed by atoms with E-state index in [1.54, 1.807) is 0 Å². The predicted octanol–water partition coefficient (Wildman–Crippen LogP) is 2.54. The molecule has 1 heterocycles. The van der Waals surface area contributed by atoms with Gasteiger partial charge in [-0.2, -0.15) is 0 Å². The van der Waals surface area contributed by atoms with Gasteiger partial charge in [0.15, 0.2) is 0 Å². The number of nitrogens with one attached hydrogen (secondary N) is 1. The molecular formula is C12H22N4. The molecular weight excluding hydrogens is 200 g/mol. The largest absolute Gasteiger partial charge is 0.308 e. The first-order valence-corrected chi connectivity index (χ1v) is 5.94. The minimum Gasteiger partial charge on any atom is -0.308 e. The van der Waals surface area contributed by atoms with Gasteiger partial charge >= 0.3 is 0 Å². The first kappa shape index (κ1) is 12.9. The number of nitrogens with zero attached hydrogens (tertiary/aromatic N) is 2. The summed E-state index contributed by atoms with van der Waals surface area (Å²) in [6.07, 6.45) is 3.19. The Bertz CT molecular complexity index is 347. The Morgan fingerprint density at radius 1 is 1.31 bits per heavy atom. The van der Waals surface area contributed by atoms with E-state index in [1.807, 2.05) is 6.92 Å². The second kappa shape index (κ2) is 5.80. The van der Waals surface area contributed by atoms with Crippen molar-refractivity contribution in [2.45, 2.75) is 52.9 Å². The number of aromatic nitrogens is 2. The van der Waals surface area contributed by atoms with Gasteiger partial charge in [-0.1, -0.05) is 27.2 Å². The van der Waals surface area contributed by atoms with E-state index in [2.05, 4.69) is 36.2 Å². The molecule has 0 bridgehead atoms. The number of aryl methyl sites for hydroxylation is 2. The Labute approximate surface area is 97.7 Å². The number of nitrogens with two attached hydrogens (primary N) is 1. The van der Waals surface area contributed by atoms with E-state index < -0.39 is 0 Å². The van der Waals surface area contributed by atoms with Crippen LogP contribution in [0.2, 0.25) is 0 Å². The summed E-state index contributed by atoms with van der Waals surface area (Å²) in [6.45, 7) is 8.43. The summed E-state index contributed by atoms with van der Waals surface area (Å²) in [5.74, 6) is 7.55. The average molecular weight is 222 g/mol. The summed E-state index contributed by atoms with van der Waals surface area (Å²) in [7, 11) is 0. The van der Waals surface area contributed by atoms with E-state index in [0.717, 1.165) is 42.2 Å². The first-order valence-electron chi connectivity index (χ1n) is 5.94. The lowest BCUT2D eigenvalue weighted by molar-refractivity contribution is 0.735. The predicted molar refractivity (Wildman–Crippen MR) is 67.3 cm³/mol. The van der Waals surface area contributed by atoms with E-state index in [-0.39, 0.29) is 0 Å². The lowest BCUT2D eigenvalue weighted by Gasteiger charge is -2.15. The summed E-state index contributed by atoms with van der Waals surface area (Å²) in [4.78, 5) is 9.00. The Hall–Kier alpha value is -1.16. The number of hydrazine groups is 1. The van der Waals surface area contributed by atoms with E-state index in [9.17, 15) is 0 Å².